The number of amides is 1. The summed E-state index contributed by atoms with van der Waals surface area (Å²) >= 11 is 6.04. The van der Waals surface area contributed by atoms with Crippen LogP contribution in [0.3, 0.4) is 0 Å². The molecule has 4 rings (SSSR count). The molecular weight excluding hydrogens is 348 g/mol. The number of piperidine rings is 1. The van der Waals surface area contributed by atoms with Crippen LogP contribution in [0.15, 0.2) is 24.3 Å². The summed E-state index contributed by atoms with van der Waals surface area (Å²) in [7, 11) is 0. The van der Waals surface area contributed by atoms with E-state index in [9.17, 15) is 9.90 Å². The van der Waals surface area contributed by atoms with Gasteiger partial charge < -0.3 is 15.7 Å². The summed E-state index contributed by atoms with van der Waals surface area (Å²) in [5.74, 6) is 1.11. The van der Waals surface area contributed by atoms with Gasteiger partial charge in [0.25, 0.3) is 0 Å². The number of halogens is 1. The van der Waals surface area contributed by atoms with Gasteiger partial charge in [0.1, 0.15) is 0 Å². The third-order valence-corrected chi connectivity index (χ3v) is 7.14. The van der Waals surface area contributed by atoms with E-state index < -0.39 is 5.41 Å². The topological polar surface area (TPSA) is 61.4 Å². The number of rotatable bonds is 5. The molecule has 2 saturated carbocycles. The molecule has 4 nitrogen and oxygen atoms in total. The lowest BCUT2D eigenvalue weighted by Gasteiger charge is -2.47. The van der Waals surface area contributed by atoms with Gasteiger partial charge in [-0.25, -0.2) is 0 Å². The van der Waals surface area contributed by atoms with E-state index in [4.69, 9.17) is 11.6 Å². The molecule has 1 saturated heterocycles. The fourth-order valence-corrected chi connectivity index (χ4v) is 5.11. The average Bonchev–Trinajstić information content (AvgIpc) is 2.59. The first-order valence-corrected chi connectivity index (χ1v) is 10.4. The van der Waals surface area contributed by atoms with Crippen LogP contribution in [-0.4, -0.2) is 36.2 Å². The van der Waals surface area contributed by atoms with Gasteiger partial charge in [0, 0.05) is 11.1 Å². The Hall–Kier alpha value is -1.10. The molecule has 0 unspecified atom stereocenters. The molecule has 0 aromatic heterocycles. The molecule has 3 fully saturated rings. The zero-order chi connectivity index (χ0) is 18.1. The van der Waals surface area contributed by atoms with Crippen LogP contribution in [0, 0.1) is 11.8 Å². The van der Waals surface area contributed by atoms with E-state index in [0.717, 1.165) is 63.6 Å². The molecule has 1 amide bonds. The molecular formula is C21H29ClN2O2. The maximum atomic E-state index is 13.4. The number of hydrogen-bond acceptors (Lipinski definition) is 3. The maximum Gasteiger partial charge on any atom is 0.230 e. The predicted octanol–water partition coefficient (Wildman–Crippen LogP) is 3.02. The second-order valence-electron chi connectivity index (χ2n) is 8.41. The van der Waals surface area contributed by atoms with E-state index in [1.54, 1.807) is 0 Å². The molecule has 1 atom stereocenters. The number of carbonyl (C=O) groups is 1. The lowest BCUT2D eigenvalue weighted by Crippen LogP contribution is -2.58. The van der Waals surface area contributed by atoms with Crippen molar-refractivity contribution in [2.24, 2.45) is 11.8 Å². The van der Waals surface area contributed by atoms with Crippen molar-refractivity contribution in [3.05, 3.63) is 34.9 Å². The van der Waals surface area contributed by atoms with Crippen LogP contribution in [-0.2, 0) is 10.2 Å². The first-order chi connectivity index (χ1) is 12.6. The molecule has 0 radical (unpaired) electrons. The minimum Gasteiger partial charge on any atom is -0.393 e. The summed E-state index contributed by atoms with van der Waals surface area (Å²) in [6.45, 7) is 2.04. The van der Waals surface area contributed by atoms with Gasteiger partial charge in [0.05, 0.1) is 11.5 Å². The molecule has 1 aliphatic heterocycles. The summed E-state index contributed by atoms with van der Waals surface area (Å²) in [6, 6.07) is 7.98. The van der Waals surface area contributed by atoms with Crippen LogP contribution < -0.4 is 10.6 Å². The highest BCUT2D eigenvalue weighted by Crippen LogP contribution is 2.45. The van der Waals surface area contributed by atoms with Crippen molar-refractivity contribution in [3.63, 3.8) is 0 Å². The molecule has 0 spiro atoms. The Balaban J connectivity index is 1.52. The Morgan fingerprint density at radius 3 is 2.35 bits per heavy atom. The maximum absolute atomic E-state index is 13.4. The Kier molecular flexibility index (Phi) is 5.27. The van der Waals surface area contributed by atoms with Crippen LogP contribution in [0.1, 0.15) is 50.5 Å². The van der Waals surface area contributed by atoms with E-state index in [-0.39, 0.29) is 18.1 Å². The normalized spacial score (nSPS) is 29.3. The third-order valence-electron chi connectivity index (χ3n) is 6.89. The molecule has 142 valence electrons. The summed E-state index contributed by atoms with van der Waals surface area (Å²) in [4.78, 5) is 13.4. The Bertz CT molecular complexity index is 632. The summed E-state index contributed by atoms with van der Waals surface area (Å²) in [5, 5.41) is 17.4. The highest BCUT2D eigenvalue weighted by Gasteiger charge is 2.48. The average molecular weight is 377 g/mol. The molecule has 3 N–H and O–H groups in total. The molecule has 2 aliphatic carbocycles. The Morgan fingerprint density at radius 2 is 1.81 bits per heavy atom. The number of benzene rings is 1. The number of carbonyl (C=O) groups excluding carboxylic acids is 1. The lowest BCUT2D eigenvalue weighted by atomic mass is 9.63. The molecule has 26 heavy (non-hydrogen) atoms. The second kappa shape index (κ2) is 7.49. The summed E-state index contributed by atoms with van der Waals surface area (Å²) in [6.07, 6.45) is 6.58. The van der Waals surface area contributed by atoms with Crippen molar-refractivity contribution < 1.29 is 9.90 Å². The van der Waals surface area contributed by atoms with Crippen LogP contribution in [0.2, 0.25) is 5.02 Å². The quantitative estimate of drug-likeness (QED) is 0.740. The minimum atomic E-state index is -0.391. The first kappa shape index (κ1) is 18.3. The van der Waals surface area contributed by atoms with Crippen molar-refractivity contribution in [1.82, 2.24) is 10.6 Å². The second-order valence-corrected chi connectivity index (χ2v) is 8.85. The van der Waals surface area contributed by atoms with E-state index in [1.165, 1.54) is 0 Å². The molecule has 1 heterocycles. The van der Waals surface area contributed by atoms with Gasteiger partial charge in [-0.05, 0) is 81.1 Å². The van der Waals surface area contributed by atoms with Crippen molar-refractivity contribution in [2.45, 2.75) is 62.5 Å². The van der Waals surface area contributed by atoms with Gasteiger partial charge >= 0.3 is 0 Å². The molecule has 1 aromatic rings. The minimum absolute atomic E-state index is 0.177. The number of aliphatic hydroxyl groups is 1. The number of aliphatic hydroxyl groups excluding tert-OH is 1. The fourth-order valence-electron chi connectivity index (χ4n) is 4.98. The standard InChI is InChI=1S/C21H29ClN2O2/c22-17-4-2-16(3-5-17)21(8-1-9-21)20(26)24-19(15-12-18(25)13-15)14-6-10-23-11-7-14/h2-5,14-15,18-19,23,25H,1,6-13H2,(H,24,26)/t15?,18?,19-/m0/s1. The van der Waals surface area contributed by atoms with Crippen molar-refractivity contribution in [3.8, 4) is 0 Å². The van der Waals surface area contributed by atoms with E-state index in [1.807, 2.05) is 24.3 Å². The monoisotopic (exact) mass is 376 g/mol. The summed E-state index contributed by atoms with van der Waals surface area (Å²) in [5.41, 5.74) is 0.696. The van der Waals surface area contributed by atoms with Gasteiger partial charge in [0.2, 0.25) is 5.91 Å². The predicted molar refractivity (Wildman–Crippen MR) is 103 cm³/mol. The van der Waals surface area contributed by atoms with Crippen LogP contribution in [0.4, 0.5) is 0 Å². The Labute approximate surface area is 160 Å². The SMILES string of the molecule is O=C(N[C@@H](C1CCNCC1)C1CC(O)C1)C1(c2ccc(Cl)cc2)CCC1. The van der Waals surface area contributed by atoms with Gasteiger partial charge in [-0.2, -0.15) is 0 Å². The molecule has 5 heteroatoms. The van der Waals surface area contributed by atoms with E-state index in [2.05, 4.69) is 10.6 Å². The van der Waals surface area contributed by atoms with E-state index >= 15 is 0 Å². The van der Waals surface area contributed by atoms with Gasteiger partial charge in [0.15, 0.2) is 0 Å². The van der Waals surface area contributed by atoms with Gasteiger partial charge in [-0.3, -0.25) is 4.79 Å². The summed E-state index contributed by atoms with van der Waals surface area (Å²) < 4.78 is 0. The zero-order valence-corrected chi connectivity index (χ0v) is 16.0. The fraction of sp³-hybridized carbons (Fsp3) is 0.667. The zero-order valence-electron chi connectivity index (χ0n) is 15.2. The van der Waals surface area contributed by atoms with Crippen LogP contribution in [0.5, 0.6) is 0 Å². The van der Waals surface area contributed by atoms with Crippen LogP contribution >= 0.6 is 11.6 Å². The number of hydrogen-bond donors (Lipinski definition) is 3. The highest BCUT2D eigenvalue weighted by molar-refractivity contribution is 6.30. The van der Waals surface area contributed by atoms with Crippen molar-refractivity contribution in [1.29, 1.82) is 0 Å². The lowest BCUT2D eigenvalue weighted by molar-refractivity contribution is -0.132. The van der Waals surface area contributed by atoms with E-state index in [0.29, 0.717) is 16.9 Å². The number of nitrogens with one attached hydrogen (secondary N) is 2. The highest BCUT2D eigenvalue weighted by atomic mass is 35.5. The molecule has 3 aliphatic rings. The third kappa shape index (κ3) is 3.39. The van der Waals surface area contributed by atoms with Crippen molar-refractivity contribution >= 4 is 17.5 Å². The van der Waals surface area contributed by atoms with Crippen molar-refractivity contribution in [2.75, 3.05) is 13.1 Å². The van der Waals surface area contributed by atoms with Gasteiger partial charge in [-0.1, -0.05) is 30.2 Å². The Morgan fingerprint density at radius 1 is 1.15 bits per heavy atom. The molecule has 1 aromatic carbocycles. The van der Waals surface area contributed by atoms with Crippen LogP contribution in [0.25, 0.3) is 0 Å². The van der Waals surface area contributed by atoms with Gasteiger partial charge in [-0.15, -0.1) is 0 Å². The first-order valence-electron chi connectivity index (χ1n) is 10.0. The largest absolute Gasteiger partial charge is 0.393 e. The molecule has 0 bridgehead atoms. The smallest absolute Gasteiger partial charge is 0.230 e.